The third kappa shape index (κ3) is 21.5. The topological polar surface area (TPSA) is 353 Å². The van der Waals surface area contributed by atoms with Crippen LogP contribution in [0.3, 0.4) is 0 Å². The number of anilines is 3. The van der Waals surface area contributed by atoms with E-state index in [9.17, 15) is 40.7 Å². The molecule has 0 aromatic heterocycles. The van der Waals surface area contributed by atoms with Crippen LogP contribution in [0.1, 0.15) is 0 Å². The Kier molecular flexibility index (Phi) is 28.8. The highest BCUT2D eigenvalue weighted by molar-refractivity contribution is 6.00. The highest BCUT2D eigenvalue weighted by Crippen LogP contribution is 2.44. The first-order valence-corrected chi connectivity index (χ1v) is 32.1. The Labute approximate surface area is 643 Å². The number of nitro benzene ring substituents is 2. The van der Waals surface area contributed by atoms with Crippen LogP contribution in [-0.2, 0) is 0 Å². The predicted octanol–water partition coefficient (Wildman–Crippen LogP) is 7.22. The second kappa shape index (κ2) is 35.8. The van der Waals surface area contributed by atoms with Gasteiger partial charge in [-0.1, -0.05) is 36.4 Å². The summed E-state index contributed by atoms with van der Waals surface area (Å²) in [7, 11) is 26.4. The molecule has 0 bridgehead atoms. The summed E-state index contributed by atoms with van der Waals surface area (Å²) >= 11 is 0. The molecule has 10 N–H and O–H groups in total. The lowest BCUT2D eigenvalue weighted by atomic mass is 10.1. The molecule has 0 aliphatic rings. The number of azo groups is 4. The standard InChI is InChI=1S/C20H21N3O2.2C19H19N5O3.C19H20N4O.4ClH/c1-23(2,3)15-11-9-14-10-12-18(24)20(16(14)13-15)22-21-17-7-5-6-8-19(17)25-4;1-24(2,3)14-7-4-12-5-9-18(25)19(15(12)11-14)22-21-13-6-8-16(20)17(10-13)23(26)27;1-24(2,3)14-7-4-12-5-9-18(25)19(15(12)11-14)22-21-16-8-6-13(20)10-17(16)23(26)27;1-23(2,3)16-10-4-13-5-11-18(24)19(17(13)12-16)22-21-15-8-6-14(20)7-9-15;;;;/h5-13H,1-4H3;2*4-11H,1-3H3,(H2-,20,21,22,25);4-12H,1-3H3,(H2-,20,21,22,24);4*1H. The van der Waals surface area contributed by atoms with Crippen molar-refractivity contribution >= 4 is 140 Å². The molecule has 0 atom stereocenters. The van der Waals surface area contributed by atoms with Crippen LogP contribution in [0.15, 0.2) is 247 Å². The normalized spacial score (nSPS) is 11.6. The third-order valence-corrected chi connectivity index (χ3v) is 16.4. The Hall–Kier alpha value is -11.7. The summed E-state index contributed by atoms with van der Waals surface area (Å²) in [5.41, 5.74) is 24.8. The molecule has 0 heterocycles. The van der Waals surface area contributed by atoms with Crippen molar-refractivity contribution in [2.24, 2.45) is 40.9 Å². The lowest BCUT2D eigenvalue weighted by Crippen LogP contribution is -3.00. The van der Waals surface area contributed by atoms with E-state index in [1.165, 1.54) is 42.5 Å². The number of phenolic OH excluding ortho intramolecular Hbond substituents is 4. The van der Waals surface area contributed by atoms with Crippen molar-refractivity contribution in [1.82, 2.24) is 17.9 Å². The summed E-state index contributed by atoms with van der Waals surface area (Å²) in [5.74, 6) is 0.778. The van der Waals surface area contributed by atoms with Crippen molar-refractivity contribution < 1.29 is 84.6 Å². The Morgan fingerprint density at radius 2 is 0.654 bits per heavy atom. The van der Waals surface area contributed by atoms with E-state index in [1.807, 2.05) is 139 Å². The van der Waals surface area contributed by atoms with Gasteiger partial charge in [0.15, 0.2) is 5.69 Å². The van der Waals surface area contributed by atoms with Crippen LogP contribution in [0.25, 0.3) is 43.1 Å². The Morgan fingerprint density at radius 3 is 1.01 bits per heavy atom. The molecule has 26 nitrogen and oxygen atoms in total. The molecule has 0 aliphatic carbocycles. The van der Waals surface area contributed by atoms with Gasteiger partial charge in [-0.3, -0.25) is 38.2 Å². The summed E-state index contributed by atoms with van der Waals surface area (Å²) in [6.45, 7) is 0. The molecule has 12 aromatic carbocycles. The number of hydrogen-bond acceptors (Lipinski definition) is 20. The first kappa shape index (κ1) is 85.9. The van der Waals surface area contributed by atoms with E-state index >= 15 is 0 Å². The SMILES string of the molecule is COc1ccccc1N=Nc1c(O)ccc2ccc([N+](C)(C)C)cc12.C[N+](C)(C)c1ccc2ccc(O)c(N=Nc3ccc(N)c([N+](=O)[O-])c3)c2c1.C[N+](C)(C)c1ccc2ccc(O)c(N=Nc3ccc(N)cc3)c2c1.C[N+](C)(C)c1ccc2ccc(O)c(N=Nc3ccc(N)cc3[N+](=O)[O-])c2c1.[Cl-].[Cl-].[Cl-].[Cl-]. The Balaban J connectivity index is 0.000000253. The molecule has 107 heavy (non-hydrogen) atoms. The largest absolute Gasteiger partial charge is 1.00 e. The minimum absolute atomic E-state index is 0. The van der Waals surface area contributed by atoms with Gasteiger partial charge in [-0.2, -0.15) is 10.2 Å². The molecule has 0 saturated carbocycles. The fourth-order valence-corrected chi connectivity index (χ4v) is 10.4. The van der Waals surface area contributed by atoms with E-state index in [-0.39, 0.29) is 112 Å². The summed E-state index contributed by atoms with van der Waals surface area (Å²) < 4.78 is 7.84. The third-order valence-electron chi connectivity index (χ3n) is 16.4. The van der Waals surface area contributed by atoms with Crippen LogP contribution in [-0.4, -0.2) is 122 Å². The van der Waals surface area contributed by atoms with Gasteiger partial charge in [-0.15, -0.1) is 30.7 Å². The predicted molar refractivity (Wildman–Crippen MR) is 416 cm³/mol. The maximum atomic E-state index is 11.2. The number of hydrogen-bond donors (Lipinski definition) is 7. The zero-order valence-electron chi connectivity index (χ0n) is 61.0. The number of aromatic hydroxyl groups is 4. The summed E-state index contributed by atoms with van der Waals surface area (Å²) in [6, 6.07) is 60.7. The van der Waals surface area contributed by atoms with Crippen molar-refractivity contribution in [2.75, 3.05) is 109 Å². The smallest absolute Gasteiger partial charge is 0.298 e. The fourth-order valence-electron chi connectivity index (χ4n) is 10.4. The number of nitro groups is 2. The van der Waals surface area contributed by atoms with Crippen LogP contribution < -0.4 is 89.5 Å². The molecule has 30 heteroatoms. The molecule has 0 saturated heterocycles. The minimum Gasteiger partial charge on any atom is -1.00 e. The highest BCUT2D eigenvalue weighted by Gasteiger charge is 2.22. The number of rotatable bonds is 15. The lowest BCUT2D eigenvalue weighted by molar-refractivity contribution is -0.384. The lowest BCUT2D eigenvalue weighted by Gasteiger charge is -2.23. The van der Waals surface area contributed by atoms with Gasteiger partial charge in [0.05, 0.1) is 113 Å². The van der Waals surface area contributed by atoms with E-state index in [2.05, 4.69) is 95.3 Å². The van der Waals surface area contributed by atoms with E-state index in [1.54, 1.807) is 61.7 Å². The first-order chi connectivity index (χ1) is 48.6. The number of methoxy groups -OCH3 is 1. The fraction of sp³-hybridized carbons (Fsp3) is 0.169. The second-order valence-corrected chi connectivity index (χ2v) is 27.5. The first-order valence-electron chi connectivity index (χ1n) is 32.1. The molecule has 12 aromatic rings. The van der Waals surface area contributed by atoms with Crippen LogP contribution in [0, 0.1) is 20.2 Å². The van der Waals surface area contributed by atoms with Crippen molar-refractivity contribution in [3.63, 3.8) is 0 Å². The molecule has 0 radical (unpaired) electrons. The number of quaternary nitrogens is 4. The van der Waals surface area contributed by atoms with Gasteiger partial charge in [0.25, 0.3) is 11.4 Å². The zero-order chi connectivity index (χ0) is 74.9. The molecule has 0 aliphatic heterocycles. The van der Waals surface area contributed by atoms with E-state index in [4.69, 9.17) is 21.9 Å². The van der Waals surface area contributed by atoms with Gasteiger partial charge in [-0.05, 0) is 155 Å². The quantitative estimate of drug-likeness (QED) is 0.0176. The summed E-state index contributed by atoms with van der Waals surface area (Å²) in [5, 5.41) is 104. The molecule has 558 valence electrons. The summed E-state index contributed by atoms with van der Waals surface area (Å²) in [6.07, 6.45) is 0. The number of para-hydroxylation sites is 1. The van der Waals surface area contributed by atoms with Gasteiger partial charge in [0.2, 0.25) is 0 Å². The van der Waals surface area contributed by atoms with E-state index in [0.29, 0.717) is 63.2 Å². The van der Waals surface area contributed by atoms with Crippen LogP contribution in [0.5, 0.6) is 28.7 Å². The molecule has 0 fully saturated rings. The van der Waals surface area contributed by atoms with Crippen molar-refractivity contribution in [2.45, 2.75) is 0 Å². The monoisotopic (exact) mass is 1530 g/mol. The highest BCUT2D eigenvalue weighted by atomic mass is 35.5. The second-order valence-electron chi connectivity index (χ2n) is 27.5. The van der Waals surface area contributed by atoms with Gasteiger partial charge in [-0.25, -0.2) is 0 Å². The Morgan fingerprint density at radius 1 is 0.336 bits per heavy atom. The number of phenols is 4. The van der Waals surface area contributed by atoms with E-state index in [0.717, 1.165) is 60.5 Å². The van der Waals surface area contributed by atoms with Crippen molar-refractivity contribution in [1.29, 1.82) is 0 Å². The average Bonchev–Trinajstić information content (AvgIpc) is 0.805. The summed E-state index contributed by atoms with van der Waals surface area (Å²) in [4.78, 5) is 21.1. The van der Waals surface area contributed by atoms with Crippen LogP contribution in [0.2, 0.25) is 0 Å². The maximum absolute atomic E-state index is 11.2. The molecular weight excluding hydrogens is 1450 g/mol. The van der Waals surface area contributed by atoms with Crippen LogP contribution >= 0.6 is 0 Å². The van der Waals surface area contributed by atoms with Crippen LogP contribution in [0.4, 0.5) is 96.7 Å². The number of fused-ring (bicyclic) bond motifs is 4. The maximum Gasteiger partial charge on any atom is 0.298 e. The number of nitrogens with zero attached hydrogens (tertiary/aromatic N) is 14. The molecular formula is C77H83Cl4N17O9. The minimum atomic E-state index is -0.572. The van der Waals surface area contributed by atoms with Gasteiger partial charge < -0.3 is 92.0 Å². The number of nitrogens with two attached hydrogens (primary N) is 3. The van der Waals surface area contributed by atoms with Gasteiger partial charge in [0, 0.05) is 69.3 Å². The molecule has 0 unspecified atom stereocenters. The van der Waals surface area contributed by atoms with Crippen molar-refractivity contribution in [3.8, 4) is 28.7 Å². The Bertz CT molecular complexity index is 5330. The number of ether oxygens (including phenoxy) is 1. The number of benzene rings is 12. The number of nitrogen functional groups attached to an aromatic ring is 3. The number of halogens is 4. The van der Waals surface area contributed by atoms with Gasteiger partial charge in [0.1, 0.15) is 85.6 Å². The van der Waals surface area contributed by atoms with Crippen molar-refractivity contribution in [3.05, 3.63) is 226 Å². The van der Waals surface area contributed by atoms with Gasteiger partial charge >= 0.3 is 0 Å². The molecule has 0 amide bonds. The zero-order valence-corrected chi connectivity index (χ0v) is 64.0. The van der Waals surface area contributed by atoms with E-state index < -0.39 is 9.85 Å². The average molecular weight is 1530 g/mol. The molecule has 0 spiro atoms. The molecule has 12 rings (SSSR count).